The molecule has 2 heterocycles. The van der Waals surface area contributed by atoms with Crippen LogP contribution in [-0.2, 0) is 5.92 Å². The molecule has 210 valence electrons. The number of benzene rings is 2. The summed E-state index contributed by atoms with van der Waals surface area (Å²) in [5.41, 5.74) is -0.450. The smallest absolute Gasteiger partial charge is 0.415 e. The Kier molecular flexibility index (Phi) is 8.17. The minimum Gasteiger partial charge on any atom is -0.493 e. The maximum atomic E-state index is 15.1. The van der Waals surface area contributed by atoms with Crippen molar-refractivity contribution >= 4 is 22.8 Å². The number of likely N-dealkylation sites (N-methyl/N-ethyl adjacent to an activating group) is 1. The maximum Gasteiger partial charge on any atom is 0.415 e. The number of fused-ring (bicyclic) bond motifs is 1. The van der Waals surface area contributed by atoms with Crippen LogP contribution in [0.25, 0.3) is 10.9 Å². The minimum absolute atomic E-state index is 0.0331. The summed E-state index contributed by atoms with van der Waals surface area (Å²) in [4.78, 5) is 25.7. The molecule has 12 heteroatoms. The highest BCUT2D eigenvalue weighted by Gasteiger charge is 2.35. The quantitative estimate of drug-likeness (QED) is 0.447. The van der Waals surface area contributed by atoms with Gasteiger partial charge in [0.2, 0.25) is 0 Å². The van der Waals surface area contributed by atoms with E-state index in [1.807, 2.05) is 14.0 Å². The number of hydrogen-bond acceptors (Lipinski definition) is 8. The number of carbonyl (C=O) groups is 1. The van der Waals surface area contributed by atoms with Crippen LogP contribution < -0.4 is 14.8 Å². The van der Waals surface area contributed by atoms with Gasteiger partial charge < -0.3 is 29.7 Å². The lowest BCUT2D eigenvalue weighted by atomic mass is 10.00. The molecule has 1 aromatic heterocycles. The third-order valence-corrected chi connectivity index (χ3v) is 6.80. The molecule has 0 saturated carbocycles. The van der Waals surface area contributed by atoms with Crippen LogP contribution in [0.3, 0.4) is 0 Å². The molecule has 0 aliphatic carbocycles. The van der Waals surface area contributed by atoms with Gasteiger partial charge in [-0.2, -0.15) is 8.78 Å². The average molecular weight is 548 g/mol. The number of aliphatic hydroxyl groups is 1. The first-order chi connectivity index (χ1) is 18.4. The molecule has 0 bridgehead atoms. The van der Waals surface area contributed by atoms with Gasteiger partial charge in [0.1, 0.15) is 24.1 Å². The normalized spacial score (nSPS) is 17.3. The molecule has 39 heavy (non-hydrogen) atoms. The number of piperazine rings is 1. The van der Waals surface area contributed by atoms with Crippen LogP contribution in [0.2, 0.25) is 0 Å². The van der Waals surface area contributed by atoms with Crippen LogP contribution in [0.4, 0.5) is 23.8 Å². The lowest BCUT2D eigenvalue weighted by Gasteiger charge is -2.37. The van der Waals surface area contributed by atoms with Gasteiger partial charge in [0.15, 0.2) is 11.5 Å². The van der Waals surface area contributed by atoms with Crippen LogP contribution in [0.5, 0.6) is 11.5 Å². The first kappa shape index (κ1) is 28.4. The van der Waals surface area contributed by atoms with E-state index in [2.05, 4.69) is 20.2 Å². The highest BCUT2D eigenvalue weighted by atomic mass is 19.3. The van der Waals surface area contributed by atoms with E-state index in [0.29, 0.717) is 35.6 Å². The van der Waals surface area contributed by atoms with E-state index in [0.717, 1.165) is 12.6 Å². The Morgan fingerprint density at radius 2 is 2.00 bits per heavy atom. The van der Waals surface area contributed by atoms with Gasteiger partial charge in [0, 0.05) is 42.7 Å². The Morgan fingerprint density at radius 1 is 1.26 bits per heavy atom. The molecule has 1 saturated heterocycles. The van der Waals surface area contributed by atoms with Crippen LogP contribution >= 0.6 is 0 Å². The predicted molar refractivity (Wildman–Crippen MR) is 140 cm³/mol. The van der Waals surface area contributed by atoms with Crippen molar-refractivity contribution in [1.82, 2.24) is 19.8 Å². The molecule has 2 atom stereocenters. The molecular weight excluding hydrogens is 515 g/mol. The second kappa shape index (κ2) is 11.2. The van der Waals surface area contributed by atoms with Gasteiger partial charge in [0.25, 0.3) is 5.92 Å². The highest BCUT2D eigenvalue weighted by Crippen LogP contribution is 2.37. The van der Waals surface area contributed by atoms with Crippen molar-refractivity contribution in [2.45, 2.75) is 38.8 Å². The van der Waals surface area contributed by atoms with Gasteiger partial charge in [0.05, 0.1) is 24.2 Å². The van der Waals surface area contributed by atoms with Crippen molar-refractivity contribution in [3.05, 3.63) is 53.1 Å². The first-order valence-electron chi connectivity index (χ1n) is 12.5. The number of methoxy groups -OCH3 is 1. The Morgan fingerprint density at radius 3 is 2.67 bits per heavy atom. The first-order valence-corrected chi connectivity index (χ1v) is 12.5. The topological polar surface area (TPSA) is 100 Å². The summed E-state index contributed by atoms with van der Waals surface area (Å²) >= 11 is 0. The molecular formula is C27H32F3N5O4. The number of anilines is 1. The molecule has 1 fully saturated rings. The standard InChI is InChI=1S/C27H32F3N5O4/c1-15-13-34(4)9-10-35(15)26(37)39-23-11-19-21(12-22(23)38-5)32-17(3)33-25(19)31-16(2)18-7-6-8-20(24(18)28)27(29,30)14-36/h6-8,11-12,15-16,36H,9-10,13-14H2,1-5H3,(H,31,32,33)/t15?,16-/m1/s1. The van der Waals surface area contributed by atoms with Gasteiger partial charge in [-0.15, -0.1) is 0 Å². The van der Waals surface area contributed by atoms with E-state index in [1.165, 1.54) is 19.2 Å². The van der Waals surface area contributed by atoms with Crippen LogP contribution in [-0.4, -0.2) is 77.4 Å². The summed E-state index contributed by atoms with van der Waals surface area (Å²) in [6, 6.07) is 5.97. The van der Waals surface area contributed by atoms with Gasteiger partial charge in [-0.05, 0) is 40.0 Å². The molecule has 2 aromatic carbocycles. The number of ether oxygens (including phenoxy) is 2. The van der Waals surface area contributed by atoms with Crippen LogP contribution in [0, 0.1) is 12.7 Å². The maximum absolute atomic E-state index is 15.1. The molecule has 1 amide bonds. The summed E-state index contributed by atoms with van der Waals surface area (Å²) in [5, 5.41) is 12.6. The Labute approximate surface area is 224 Å². The molecule has 1 aliphatic heterocycles. The van der Waals surface area contributed by atoms with E-state index in [9.17, 15) is 13.6 Å². The van der Waals surface area contributed by atoms with Crippen molar-refractivity contribution in [2.75, 3.05) is 45.7 Å². The lowest BCUT2D eigenvalue weighted by Crippen LogP contribution is -2.53. The van der Waals surface area contributed by atoms with E-state index in [-0.39, 0.29) is 23.2 Å². The molecule has 2 N–H and O–H groups in total. The SMILES string of the molecule is COc1cc2nc(C)nc(N[C@H](C)c3cccc(C(F)(F)CO)c3F)c2cc1OC(=O)N1CCN(C)CC1C. The van der Waals surface area contributed by atoms with Crippen molar-refractivity contribution in [2.24, 2.45) is 0 Å². The number of amides is 1. The monoisotopic (exact) mass is 547 g/mol. The Hall–Kier alpha value is -3.64. The third-order valence-electron chi connectivity index (χ3n) is 6.80. The van der Waals surface area contributed by atoms with Crippen molar-refractivity contribution in [3.8, 4) is 11.5 Å². The van der Waals surface area contributed by atoms with E-state index < -0.39 is 36.0 Å². The molecule has 1 aliphatic rings. The zero-order valence-corrected chi connectivity index (χ0v) is 22.5. The fourth-order valence-electron chi connectivity index (χ4n) is 4.70. The van der Waals surface area contributed by atoms with E-state index >= 15 is 4.39 Å². The number of hydrogen-bond donors (Lipinski definition) is 2. The minimum atomic E-state index is -3.73. The molecule has 0 spiro atoms. The zero-order valence-electron chi connectivity index (χ0n) is 22.5. The van der Waals surface area contributed by atoms with Gasteiger partial charge >= 0.3 is 6.09 Å². The second-order valence-electron chi connectivity index (χ2n) is 9.75. The second-order valence-corrected chi connectivity index (χ2v) is 9.75. The molecule has 0 radical (unpaired) electrons. The molecule has 3 aromatic rings. The van der Waals surface area contributed by atoms with Crippen LogP contribution in [0.1, 0.15) is 36.8 Å². The van der Waals surface area contributed by atoms with E-state index in [4.69, 9.17) is 14.6 Å². The predicted octanol–water partition coefficient (Wildman–Crippen LogP) is 4.48. The third kappa shape index (κ3) is 5.86. The van der Waals surface area contributed by atoms with Gasteiger partial charge in [-0.3, -0.25) is 0 Å². The zero-order chi connectivity index (χ0) is 28.5. The van der Waals surface area contributed by atoms with Gasteiger partial charge in [-0.1, -0.05) is 12.1 Å². The van der Waals surface area contributed by atoms with Crippen LogP contribution in [0.15, 0.2) is 30.3 Å². The van der Waals surface area contributed by atoms with E-state index in [1.54, 1.807) is 30.9 Å². The van der Waals surface area contributed by atoms with Crippen molar-refractivity contribution in [3.63, 3.8) is 0 Å². The number of rotatable bonds is 7. The number of halogens is 3. The van der Waals surface area contributed by atoms with Gasteiger partial charge in [-0.25, -0.2) is 19.2 Å². The number of aromatic nitrogens is 2. The summed E-state index contributed by atoms with van der Waals surface area (Å²) in [6.45, 7) is 5.65. The summed E-state index contributed by atoms with van der Waals surface area (Å²) in [7, 11) is 3.44. The lowest BCUT2D eigenvalue weighted by molar-refractivity contribution is -0.0583. The number of aryl methyl sites for hydroxylation is 1. The summed E-state index contributed by atoms with van der Waals surface area (Å²) < 4.78 is 54.5. The Bertz CT molecular complexity index is 1370. The largest absolute Gasteiger partial charge is 0.493 e. The number of nitrogens with zero attached hydrogens (tertiary/aromatic N) is 4. The fraction of sp³-hybridized carbons (Fsp3) is 0.444. The Balaban J connectivity index is 1.69. The highest BCUT2D eigenvalue weighted by molar-refractivity contribution is 5.92. The fourth-order valence-corrected chi connectivity index (χ4v) is 4.70. The molecule has 9 nitrogen and oxygen atoms in total. The number of alkyl halides is 2. The number of nitrogens with one attached hydrogen (secondary N) is 1. The number of aliphatic hydroxyl groups excluding tert-OH is 1. The molecule has 4 rings (SSSR count). The van der Waals surface area contributed by atoms with Crippen molar-refractivity contribution in [1.29, 1.82) is 0 Å². The summed E-state index contributed by atoms with van der Waals surface area (Å²) in [5.74, 6) is -3.72. The number of carbonyl (C=O) groups excluding carboxylic acids is 1. The summed E-state index contributed by atoms with van der Waals surface area (Å²) in [6.07, 6.45) is -0.521. The van der Waals surface area contributed by atoms with Crippen molar-refractivity contribution < 1.29 is 32.5 Å². The average Bonchev–Trinajstić information content (AvgIpc) is 2.88. The molecule has 1 unspecified atom stereocenters.